The number of carbonyl (C=O) groups is 1. The minimum absolute atomic E-state index is 0.0124. The summed E-state index contributed by atoms with van der Waals surface area (Å²) < 4.78 is 16.8. The number of likely N-dealkylation sites (tertiary alicyclic amines) is 1. The van der Waals surface area contributed by atoms with Gasteiger partial charge in [0.2, 0.25) is 0 Å². The Morgan fingerprint density at radius 3 is 3.04 bits per heavy atom. The van der Waals surface area contributed by atoms with Gasteiger partial charge >= 0.3 is 6.03 Å². The summed E-state index contributed by atoms with van der Waals surface area (Å²) in [5.41, 5.74) is 0. The lowest BCUT2D eigenvalue weighted by molar-refractivity contribution is 0.0966. The van der Waals surface area contributed by atoms with Crippen LogP contribution in [0.4, 0.5) is 4.79 Å². The van der Waals surface area contributed by atoms with Gasteiger partial charge in [0.25, 0.3) is 0 Å². The predicted molar refractivity (Wildman–Crippen MR) is 82.9 cm³/mol. The van der Waals surface area contributed by atoms with Crippen LogP contribution < -0.4 is 5.32 Å². The van der Waals surface area contributed by atoms with Crippen molar-refractivity contribution in [2.24, 2.45) is 0 Å². The molecule has 3 aliphatic rings. The molecule has 0 saturated carbocycles. The number of hydrogen-bond donors (Lipinski definition) is 1. The average Bonchev–Trinajstić information content (AvgIpc) is 3.31. The number of ether oxygens (including phenoxy) is 2. The van der Waals surface area contributed by atoms with Gasteiger partial charge in [-0.2, -0.15) is 0 Å². The molecule has 0 aromatic carbocycles. The van der Waals surface area contributed by atoms with E-state index in [1.807, 2.05) is 17.0 Å². The third kappa shape index (κ3) is 2.85. The molecule has 6 heteroatoms. The summed E-state index contributed by atoms with van der Waals surface area (Å²) in [6.07, 6.45) is 5.67. The molecule has 1 N–H and O–H groups in total. The summed E-state index contributed by atoms with van der Waals surface area (Å²) in [4.78, 5) is 14.6. The molecule has 0 radical (unpaired) electrons. The number of fused-ring (bicyclic) bond motifs is 2. The molecule has 3 saturated heterocycles. The van der Waals surface area contributed by atoms with E-state index in [9.17, 15) is 4.79 Å². The molecule has 0 unspecified atom stereocenters. The molecule has 2 amide bonds. The van der Waals surface area contributed by atoms with E-state index in [1.54, 1.807) is 7.11 Å². The van der Waals surface area contributed by atoms with Crippen molar-refractivity contribution in [3.8, 4) is 0 Å². The first-order valence-electron chi connectivity index (χ1n) is 8.54. The van der Waals surface area contributed by atoms with Crippen molar-refractivity contribution in [2.75, 3.05) is 13.7 Å². The fourth-order valence-electron chi connectivity index (χ4n) is 4.13. The molecule has 3 aliphatic heterocycles. The Kier molecular flexibility index (Phi) is 4.03. The van der Waals surface area contributed by atoms with Gasteiger partial charge in [-0.25, -0.2) is 4.79 Å². The van der Waals surface area contributed by atoms with Gasteiger partial charge in [-0.05, 0) is 44.2 Å². The molecule has 3 fully saturated rings. The maximum absolute atomic E-state index is 12.7. The number of methoxy groups -OCH3 is 1. The van der Waals surface area contributed by atoms with Gasteiger partial charge in [-0.3, -0.25) is 0 Å². The second-order valence-corrected chi connectivity index (χ2v) is 6.75. The lowest BCUT2D eigenvalue weighted by Gasteiger charge is -2.27. The van der Waals surface area contributed by atoms with Crippen LogP contribution in [0.25, 0.3) is 0 Å². The van der Waals surface area contributed by atoms with Crippen molar-refractivity contribution in [3.63, 3.8) is 0 Å². The maximum Gasteiger partial charge on any atom is 0.318 e. The number of rotatable bonds is 4. The zero-order valence-corrected chi connectivity index (χ0v) is 13.5. The lowest BCUT2D eigenvalue weighted by atomic mass is 9.96. The summed E-state index contributed by atoms with van der Waals surface area (Å²) >= 11 is 0. The van der Waals surface area contributed by atoms with Crippen LogP contribution in [0.15, 0.2) is 16.5 Å². The molecule has 6 nitrogen and oxygen atoms in total. The minimum atomic E-state index is 0.0124. The molecule has 1 aromatic heterocycles. The first kappa shape index (κ1) is 15.0. The number of amides is 2. The monoisotopic (exact) mass is 320 g/mol. The van der Waals surface area contributed by atoms with E-state index in [4.69, 9.17) is 13.9 Å². The Labute approximate surface area is 136 Å². The van der Waals surface area contributed by atoms with E-state index in [2.05, 4.69) is 5.32 Å². The highest BCUT2D eigenvalue weighted by Gasteiger charge is 2.43. The Bertz CT molecular complexity index is 573. The summed E-state index contributed by atoms with van der Waals surface area (Å²) in [5.74, 6) is 1.66. The number of furan rings is 1. The predicted octanol–water partition coefficient (Wildman–Crippen LogP) is 2.59. The molecular weight excluding hydrogens is 296 g/mol. The number of carbonyl (C=O) groups excluding carboxylic acids is 1. The van der Waals surface area contributed by atoms with Gasteiger partial charge in [0.15, 0.2) is 0 Å². The van der Waals surface area contributed by atoms with Crippen molar-refractivity contribution in [3.05, 3.63) is 23.7 Å². The fourth-order valence-corrected chi connectivity index (χ4v) is 4.13. The zero-order valence-electron chi connectivity index (χ0n) is 13.5. The van der Waals surface area contributed by atoms with E-state index >= 15 is 0 Å². The van der Waals surface area contributed by atoms with E-state index in [0.29, 0.717) is 12.7 Å². The average molecular weight is 320 g/mol. The Balaban J connectivity index is 1.41. The molecule has 0 aliphatic carbocycles. The van der Waals surface area contributed by atoms with Crippen LogP contribution in [0.3, 0.4) is 0 Å². The van der Waals surface area contributed by atoms with E-state index in [1.165, 1.54) is 0 Å². The van der Waals surface area contributed by atoms with Crippen molar-refractivity contribution < 1.29 is 18.7 Å². The number of hydrogen-bond acceptors (Lipinski definition) is 4. The topological polar surface area (TPSA) is 63.9 Å². The molecule has 1 aromatic rings. The second-order valence-electron chi connectivity index (χ2n) is 6.75. The van der Waals surface area contributed by atoms with Crippen molar-refractivity contribution in [1.29, 1.82) is 0 Å². The quantitative estimate of drug-likeness (QED) is 0.926. The van der Waals surface area contributed by atoms with Gasteiger partial charge < -0.3 is 24.1 Å². The number of urea groups is 1. The first-order chi connectivity index (χ1) is 11.2. The molecule has 2 bridgehead atoms. The lowest BCUT2D eigenvalue weighted by Crippen LogP contribution is -2.47. The highest BCUT2D eigenvalue weighted by molar-refractivity contribution is 5.75. The van der Waals surface area contributed by atoms with Crippen LogP contribution in [0.1, 0.15) is 49.7 Å². The molecule has 0 spiro atoms. The van der Waals surface area contributed by atoms with Gasteiger partial charge in [0, 0.05) is 13.7 Å². The number of nitrogens with one attached hydrogen (secondary N) is 1. The SMILES string of the molecule is COCc1ccc([C@@H]2CCCN2C(=O)N[C@H]2C[C@H]3CC[C@H]2O3)o1. The summed E-state index contributed by atoms with van der Waals surface area (Å²) in [6, 6.07) is 4.10. The van der Waals surface area contributed by atoms with Crippen LogP contribution in [0.5, 0.6) is 0 Å². The van der Waals surface area contributed by atoms with Gasteiger partial charge in [0.05, 0.1) is 24.3 Å². The zero-order chi connectivity index (χ0) is 15.8. The standard InChI is InChI=1S/C17H24N2O4/c1-21-10-12-5-7-16(23-12)14-3-2-8-19(14)17(20)18-13-9-11-4-6-15(13)22-11/h5,7,11,13-15H,2-4,6,8-10H2,1H3,(H,18,20)/t11-,13+,14+,15-/m1/s1. The smallest absolute Gasteiger partial charge is 0.318 e. The van der Waals surface area contributed by atoms with Crippen LogP contribution >= 0.6 is 0 Å². The van der Waals surface area contributed by atoms with Crippen LogP contribution in [0.2, 0.25) is 0 Å². The Morgan fingerprint density at radius 1 is 1.39 bits per heavy atom. The first-order valence-corrected chi connectivity index (χ1v) is 8.54. The molecule has 4 heterocycles. The van der Waals surface area contributed by atoms with Crippen LogP contribution in [-0.2, 0) is 16.1 Å². The Morgan fingerprint density at radius 2 is 2.30 bits per heavy atom. The Hall–Kier alpha value is -1.53. The summed E-state index contributed by atoms with van der Waals surface area (Å²) in [5, 5.41) is 3.18. The van der Waals surface area contributed by atoms with Gasteiger partial charge in [-0.1, -0.05) is 0 Å². The van der Waals surface area contributed by atoms with Gasteiger partial charge in [0.1, 0.15) is 18.1 Å². The molecule has 4 rings (SSSR count). The molecule has 126 valence electrons. The summed E-state index contributed by atoms with van der Waals surface area (Å²) in [6.45, 7) is 1.24. The van der Waals surface area contributed by atoms with E-state index < -0.39 is 0 Å². The molecule has 4 atom stereocenters. The van der Waals surface area contributed by atoms with Crippen LogP contribution in [0, 0.1) is 0 Å². The third-order valence-corrected chi connectivity index (χ3v) is 5.23. The molecular formula is C17H24N2O4. The fraction of sp³-hybridized carbons (Fsp3) is 0.706. The normalized spacial score (nSPS) is 32.7. The third-order valence-electron chi connectivity index (χ3n) is 5.23. The van der Waals surface area contributed by atoms with Gasteiger partial charge in [-0.15, -0.1) is 0 Å². The maximum atomic E-state index is 12.7. The van der Waals surface area contributed by atoms with Crippen molar-refractivity contribution >= 4 is 6.03 Å². The highest BCUT2D eigenvalue weighted by Crippen LogP contribution is 2.36. The minimum Gasteiger partial charge on any atom is -0.461 e. The summed E-state index contributed by atoms with van der Waals surface area (Å²) in [7, 11) is 1.65. The largest absolute Gasteiger partial charge is 0.461 e. The van der Waals surface area contributed by atoms with Crippen LogP contribution in [-0.4, -0.2) is 42.8 Å². The van der Waals surface area contributed by atoms with Crippen molar-refractivity contribution in [1.82, 2.24) is 10.2 Å². The van der Waals surface area contributed by atoms with Crippen molar-refractivity contribution in [2.45, 2.75) is 63.0 Å². The number of nitrogens with zero attached hydrogens (tertiary/aromatic N) is 1. The second kappa shape index (κ2) is 6.17. The van der Waals surface area contributed by atoms with E-state index in [-0.39, 0.29) is 24.2 Å². The van der Waals surface area contributed by atoms with E-state index in [0.717, 1.165) is 50.2 Å². The molecule has 23 heavy (non-hydrogen) atoms. The highest BCUT2D eigenvalue weighted by atomic mass is 16.5.